The van der Waals surface area contributed by atoms with E-state index in [-0.39, 0.29) is 0 Å². The summed E-state index contributed by atoms with van der Waals surface area (Å²) in [5.74, 6) is -1.11. The zero-order valence-corrected chi connectivity index (χ0v) is 9.84. The van der Waals surface area contributed by atoms with Gasteiger partial charge in [-0.25, -0.2) is 9.59 Å². The molecule has 1 aliphatic rings. The minimum Gasteiger partial charge on any atom is -0.386 e. The molecule has 0 atom stereocenters. The first-order chi connectivity index (χ1) is 9.24. The number of carbonyl (C=O) groups is 2. The third-order valence-electron chi connectivity index (χ3n) is 3.50. The molecule has 0 saturated carbocycles. The highest BCUT2D eigenvalue weighted by Crippen LogP contribution is 2.31. The van der Waals surface area contributed by atoms with Crippen molar-refractivity contribution in [3.63, 3.8) is 0 Å². The van der Waals surface area contributed by atoms with Crippen molar-refractivity contribution in [1.29, 1.82) is 0 Å². The summed E-state index contributed by atoms with van der Waals surface area (Å²) in [5.41, 5.74) is 0.737. The van der Waals surface area contributed by atoms with E-state index in [1.807, 2.05) is 42.5 Å². The molecule has 4 rings (SSSR count). The van der Waals surface area contributed by atoms with E-state index in [1.54, 1.807) is 6.07 Å². The predicted octanol–water partition coefficient (Wildman–Crippen LogP) is 3.30. The van der Waals surface area contributed by atoms with Gasteiger partial charge in [0.25, 0.3) is 0 Å². The van der Waals surface area contributed by atoms with Gasteiger partial charge in [-0.2, -0.15) is 0 Å². The van der Waals surface area contributed by atoms with E-state index in [9.17, 15) is 9.59 Å². The molecule has 0 bridgehead atoms. The number of fused-ring (bicyclic) bond motifs is 4. The first kappa shape index (κ1) is 10.3. The van der Waals surface area contributed by atoms with Gasteiger partial charge in [-0.3, -0.25) is 0 Å². The molecule has 0 saturated heterocycles. The van der Waals surface area contributed by atoms with E-state index in [0.29, 0.717) is 11.1 Å². The Morgan fingerprint density at radius 1 is 0.737 bits per heavy atom. The molecule has 0 aromatic heterocycles. The van der Waals surface area contributed by atoms with E-state index in [2.05, 4.69) is 4.74 Å². The fourth-order valence-electron chi connectivity index (χ4n) is 2.59. The minimum absolute atomic E-state index is 0.354. The molecule has 1 heterocycles. The Bertz CT molecular complexity index is 878. The monoisotopic (exact) mass is 248 g/mol. The van der Waals surface area contributed by atoms with Crippen LogP contribution in [0.15, 0.2) is 48.5 Å². The second-order valence-electron chi connectivity index (χ2n) is 4.59. The number of benzene rings is 3. The van der Waals surface area contributed by atoms with Gasteiger partial charge in [0.1, 0.15) is 0 Å². The fourth-order valence-corrected chi connectivity index (χ4v) is 2.59. The summed E-state index contributed by atoms with van der Waals surface area (Å²) in [4.78, 5) is 23.3. The van der Waals surface area contributed by atoms with Crippen LogP contribution in [0.5, 0.6) is 0 Å². The summed E-state index contributed by atoms with van der Waals surface area (Å²) >= 11 is 0. The van der Waals surface area contributed by atoms with E-state index in [0.717, 1.165) is 21.5 Å². The minimum atomic E-state index is -0.560. The molecule has 1 aliphatic heterocycles. The second-order valence-corrected chi connectivity index (χ2v) is 4.59. The van der Waals surface area contributed by atoms with E-state index in [1.165, 1.54) is 0 Å². The van der Waals surface area contributed by atoms with Crippen LogP contribution in [0.1, 0.15) is 20.7 Å². The topological polar surface area (TPSA) is 43.4 Å². The lowest BCUT2D eigenvalue weighted by molar-refractivity contribution is 0.0444. The quantitative estimate of drug-likeness (QED) is 0.348. The van der Waals surface area contributed by atoms with Gasteiger partial charge in [0, 0.05) is 0 Å². The SMILES string of the molecule is O=C1OC(=O)c2c1ccc1cc3ccccc3cc21. The molecule has 3 aromatic rings. The van der Waals surface area contributed by atoms with E-state index < -0.39 is 11.9 Å². The van der Waals surface area contributed by atoms with Gasteiger partial charge in [-0.15, -0.1) is 0 Å². The Balaban J connectivity index is 2.20. The van der Waals surface area contributed by atoms with Gasteiger partial charge in [-0.05, 0) is 39.7 Å². The Hall–Kier alpha value is -2.68. The number of rotatable bonds is 0. The molecular formula is C16H8O3. The molecule has 0 amide bonds. The normalized spacial score (nSPS) is 13.9. The van der Waals surface area contributed by atoms with Crippen LogP contribution in [0, 0.1) is 0 Å². The second kappa shape index (κ2) is 3.42. The molecule has 0 unspecified atom stereocenters. The summed E-state index contributed by atoms with van der Waals surface area (Å²) in [7, 11) is 0. The Kier molecular flexibility index (Phi) is 1.85. The molecular weight excluding hydrogens is 240 g/mol. The van der Waals surface area contributed by atoms with Gasteiger partial charge >= 0.3 is 11.9 Å². The number of esters is 2. The molecule has 19 heavy (non-hydrogen) atoms. The first-order valence-corrected chi connectivity index (χ1v) is 5.96. The number of carbonyl (C=O) groups excluding carboxylic acids is 2. The van der Waals surface area contributed by atoms with E-state index >= 15 is 0 Å². The Morgan fingerprint density at radius 3 is 2.26 bits per heavy atom. The lowest BCUT2D eigenvalue weighted by Crippen LogP contribution is -1.97. The van der Waals surface area contributed by atoms with Crippen LogP contribution >= 0.6 is 0 Å². The highest BCUT2D eigenvalue weighted by atomic mass is 16.6. The number of hydrogen-bond acceptors (Lipinski definition) is 3. The van der Waals surface area contributed by atoms with Gasteiger partial charge in [0.05, 0.1) is 11.1 Å². The molecule has 0 spiro atoms. The smallest absolute Gasteiger partial charge is 0.347 e. The average Bonchev–Trinajstić information content (AvgIpc) is 2.72. The third kappa shape index (κ3) is 1.32. The van der Waals surface area contributed by atoms with Crippen LogP contribution in [0.25, 0.3) is 21.5 Å². The first-order valence-electron chi connectivity index (χ1n) is 5.96. The van der Waals surface area contributed by atoms with Crippen molar-refractivity contribution in [3.8, 4) is 0 Å². The number of ether oxygens (including phenoxy) is 1. The zero-order chi connectivity index (χ0) is 13.0. The largest absolute Gasteiger partial charge is 0.386 e. The lowest BCUT2D eigenvalue weighted by atomic mass is 9.97. The maximum atomic E-state index is 11.8. The van der Waals surface area contributed by atoms with Crippen molar-refractivity contribution in [3.05, 3.63) is 59.7 Å². The molecule has 3 aromatic carbocycles. The Labute approximate surface area is 108 Å². The molecule has 0 N–H and O–H groups in total. The van der Waals surface area contributed by atoms with Crippen LogP contribution in [0.4, 0.5) is 0 Å². The maximum Gasteiger partial charge on any atom is 0.347 e. The standard InChI is InChI=1S/C16H8O3/c17-15-12-6-5-11-7-9-3-1-2-4-10(9)8-13(11)14(12)16(18)19-15/h1-8H. The number of hydrogen-bond donors (Lipinski definition) is 0. The highest BCUT2D eigenvalue weighted by Gasteiger charge is 2.31. The predicted molar refractivity (Wildman–Crippen MR) is 71.2 cm³/mol. The molecule has 3 heteroatoms. The van der Waals surface area contributed by atoms with Crippen molar-refractivity contribution in [2.45, 2.75) is 0 Å². The van der Waals surface area contributed by atoms with E-state index in [4.69, 9.17) is 0 Å². The maximum absolute atomic E-state index is 11.8. The van der Waals surface area contributed by atoms with Crippen LogP contribution in [-0.2, 0) is 4.74 Å². The van der Waals surface area contributed by atoms with Gasteiger partial charge < -0.3 is 4.74 Å². The van der Waals surface area contributed by atoms with Gasteiger partial charge in [-0.1, -0.05) is 30.3 Å². The Morgan fingerprint density at radius 2 is 1.47 bits per heavy atom. The lowest BCUT2D eigenvalue weighted by Gasteiger charge is -2.04. The third-order valence-corrected chi connectivity index (χ3v) is 3.50. The van der Waals surface area contributed by atoms with Crippen LogP contribution in [-0.4, -0.2) is 11.9 Å². The van der Waals surface area contributed by atoms with Crippen molar-refractivity contribution in [1.82, 2.24) is 0 Å². The molecule has 90 valence electrons. The average molecular weight is 248 g/mol. The summed E-state index contributed by atoms with van der Waals surface area (Å²) < 4.78 is 4.67. The van der Waals surface area contributed by atoms with Crippen LogP contribution < -0.4 is 0 Å². The van der Waals surface area contributed by atoms with Crippen molar-refractivity contribution in [2.24, 2.45) is 0 Å². The van der Waals surface area contributed by atoms with Gasteiger partial charge in [0.15, 0.2) is 0 Å². The summed E-state index contributed by atoms with van der Waals surface area (Å²) in [6.07, 6.45) is 0. The highest BCUT2D eigenvalue weighted by molar-refractivity contribution is 6.22. The van der Waals surface area contributed by atoms with Crippen molar-refractivity contribution < 1.29 is 14.3 Å². The fraction of sp³-hybridized carbons (Fsp3) is 0. The number of cyclic esters (lactones) is 2. The van der Waals surface area contributed by atoms with Crippen LogP contribution in [0.3, 0.4) is 0 Å². The molecule has 0 fully saturated rings. The van der Waals surface area contributed by atoms with Crippen LogP contribution in [0.2, 0.25) is 0 Å². The van der Waals surface area contributed by atoms with Gasteiger partial charge in [0.2, 0.25) is 0 Å². The summed E-state index contributed by atoms with van der Waals surface area (Å²) in [6.45, 7) is 0. The molecule has 0 aliphatic carbocycles. The summed E-state index contributed by atoms with van der Waals surface area (Å²) in [6, 6.07) is 15.4. The molecule has 0 radical (unpaired) electrons. The molecule has 3 nitrogen and oxygen atoms in total. The van der Waals surface area contributed by atoms with Crippen molar-refractivity contribution in [2.75, 3.05) is 0 Å². The zero-order valence-electron chi connectivity index (χ0n) is 9.84. The summed E-state index contributed by atoms with van der Waals surface area (Å²) in [5, 5.41) is 3.85. The van der Waals surface area contributed by atoms with Crippen molar-refractivity contribution >= 4 is 33.5 Å².